The lowest BCUT2D eigenvalue weighted by Gasteiger charge is -2.25. The zero-order valence-corrected chi connectivity index (χ0v) is 12.0. The van der Waals surface area contributed by atoms with E-state index in [-0.39, 0.29) is 5.91 Å². The highest BCUT2D eigenvalue weighted by molar-refractivity contribution is 5.92. The van der Waals surface area contributed by atoms with Crippen LogP contribution in [0.5, 0.6) is 0 Å². The average Bonchev–Trinajstić information content (AvgIpc) is 2.97. The number of hydrogen-bond donors (Lipinski definition) is 1. The van der Waals surface area contributed by atoms with Crippen LogP contribution >= 0.6 is 0 Å². The fraction of sp³-hybridized carbons (Fsp3) is 0.250. The Morgan fingerprint density at radius 1 is 1.24 bits per heavy atom. The second kappa shape index (κ2) is 5.44. The minimum atomic E-state index is -0.0170. The summed E-state index contributed by atoms with van der Waals surface area (Å²) >= 11 is 0. The lowest BCUT2D eigenvalue weighted by atomic mass is 10.1. The largest absolute Gasteiger partial charge is 0.399 e. The highest BCUT2D eigenvalue weighted by atomic mass is 16.2. The Kier molecular flexibility index (Phi) is 3.48. The average molecular weight is 282 g/mol. The zero-order valence-electron chi connectivity index (χ0n) is 12.0. The number of carbonyl (C=O) groups excluding carboxylic acids is 1. The van der Waals surface area contributed by atoms with Gasteiger partial charge in [0, 0.05) is 25.0 Å². The summed E-state index contributed by atoms with van der Waals surface area (Å²) in [5.41, 5.74) is 8.97. The van der Waals surface area contributed by atoms with Gasteiger partial charge >= 0.3 is 0 Å². The van der Waals surface area contributed by atoms with E-state index in [1.54, 1.807) is 16.9 Å². The maximum atomic E-state index is 12.4. The monoisotopic (exact) mass is 282 g/mol. The van der Waals surface area contributed by atoms with E-state index in [4.69, 9.17) is 5.73 Å². The third-order valence-electron chi connectivity index (χ3n) is 3.59. The first-order valence-electron chi connectivity index (χ1n) is 7.00. The van der Waals surface area contributed by atoms with Crippen molar-refractivity contribution in [3.63, 3.8) is 0 Å². The van der Waals surface area contributed by atoms with E-state index in [0.29, 0.717) is 17.9 Å². The number of carbonyl (C=O) groups is 1. The molecule has 21 heavy (non-hydrogen) atoms. The first-order chi connectivity index (χ1) is 10.1. The molecule has 0 atom stereocenters. The molecule has 0 fully saturated rings. The lowest BCUT2D eigenvalue weighted by Crippen LogP contribution is -2.35. The van der Waals surface area contributed by atoms with Gasteiger partial charge in [0.2, 0.25) is 0 Å². The Balaban J connectivity index is 1.80. The van der Waals surface area contributed by atoms with Gasteiger partial charge in [-0.05, 0) is 43.7 Å². The first kappa shape index (κ1) is 13.4. The Hall–Kier alpha value is -2.56. The minimum absolute atomic E-state index is 0.0170. The van der Waals surface area contributed by atoms with E-state index in [0.717, 1.165) is 18.7 Å². The van der Waals surface area contributed by atoms with Crippen molar-refractivity contribution < 1.29 is 4.79 Å². The summed E-state index contributed by atoms with van der Waals surface area (Å²) in [5.74, 6) is -0.0170. The third kappa shape index (κ3) is 2.81. The SMILES string of the molecule is CC1=CCCN(C(=O)c2ccn(-c3ccc(N)cc3)n2)C1. The number of anilines is 1. The molecule has 2 N–H and O–H groups in total. The van der Waals surface area contributed by atoms with E-state index in [2.05, 4.69) is 11.2 Å². The molecule has 1 aliphatic rings. The normalized spacial score (nSPS) is 14.9. The van der Waals surface area contributed by atoms with Crippen LogP contribution in [0.2, 0.25) is 0 Å². The molecule has 0 unspecified atom stereocenters. The van der Waals surface area contributed by atoms with Crippen molar-refractivity contribution in [2.24, 2.45) is 0 Å². The van der Waals surface area contributed by atoms with Crippen LogP contribution < -0.4 is 5.73 Å². The smallest absolute Gasteiger partial charge is 0.274 e. The molecule has 0 radical (unpaired) electrons. The van der Waals surface area contributed by atoms with Crippen molar-refractivity contribution in [1.29, 1.82) is 0 Å². The summed E-state index contributed by atoms with van der Waals surface area (Å²) in [4.78, 5) is 14.3. The number of benzene rings is 1. The number of aromatic nitrogens is 2. The van der Waals surface area contributed by atoms with Gasteiger partial charge in [0.05, 0.1) is 5.69 Å². The van der Waals surface area contributed by atoms with E-state index < -0.39 is 0 Å². The molecule has 1 aromatic carbocycles. The topological polar surface area (TPSA) is 64.2 Å². The predicted molar refractivity (Wildman–Crippen MR) is 82.3 cm³/mol. The highest BCUT2D eigenvalue weighted by Gasteiger charge is 2.20. The number of nitrogen functional groups attached to an aromatic ring is 1. The van der Waals surface area contributed by atoms with Gasteiger partial charge in [-0.25, -0.2) is 4.68 Å². The molecule has 0 bridgehead atoms. The summed E-state index contributed by atoms with van der Waals surface area (Å²) in [6.45, 7) is 3.49. The van der Waals surface area contributed by atoms with Crippen molar-refractivity contribution >= 4 is 11.6 Å². The summed E-state index contributed by atoms with van der Waals surface area (Å²) in [5, 5.41) is 4.38. The van der Waals surface area contributed by atoms with E-state index in [1.807, 2.05) is 36.1 Å². The minimum Gasteiger partial charge on any atom is -0.399 e. The van der Waals surface area contributed by atoms with Crippen molar-refractivity contribution in [2.45, 2.75) is 13.3 Å². The van der Waals surface area contributed by atoms with Gasteiger partial charge in [-0.2, -0.15) is 5.10 Å². The van der Waals surface area contributed by atoms with Crippen molar-refractivity contribution in [3.05, 3.63) is 53.9 Å². The molecule has 0 aliphatic carbocycles. The molecule has 1 amide bonds. The van der Waals surface area contributed by atoms with Crippen molar-refractivity contribution in [2.75, 3.05) is 18.8 Å². The standard InChI is InChI=1S/C16H18N4O/c1-12-3-2-9-19(11-12)16(21)15-8-10-20(18-15)14-6-4-13(17)5-7-14/h3-8,10H,2,9,11,17H2,1H3. The van der Waals surface area contributed by atoms with Gasteiger partial charge < -0.3 is 10.6 Å². The fourth-order valence-corrected chi connectivity index (χ4v) is 2.46. The fourth-order valence-electron chi connectivity index (χ4n) is 2.46. The molecule has 5 heteroatoms. The first-order valence-corrected chi connectivity index (χ1v) is 7.00. The molecule has 5 nitrogen and oxygen atoms in total. The molecule has 2 heterocycles. The van der Waals surface area contributed by atoms with Crippen LogP contribution in [0.1, 0.15) is 23.8 Å². The van der Waals surface area contributed by atoms with Crippen LogP contribution in [0.25, 0.3) is 5.69 Å². The summed E-state index contributed by atoms with van der Waals surface area (Å²) in [6.07, 6.45) is 4.89. The van der Waals surface area contributed by atoms with Crippen LogP contribution in [-0.2, 0) is 0 Å². The molecular formula is C16H18N4O. The van der Waals surface area contributed by atoms with Gasteiger partial charge in [0.15, 0.2) is 5.69 Å². The zero-order chi connectivity index (χ0) is 14.8. The van der Waals surface area contributed by atoms with Crippen molar-refractivity contribution in [1.82, 2.24) is 14.7 Å². The number of rotatable bonds is 2. The van der Waals surface area contributed by atoms with E-state index >= 15 is 0 Å². The Morgan fingerprint density at radius 2 is 2.00 bits per heavy atom. The number of hydrogen-bond acceptors (Lipinski definition) is 3. The number of amides is 1. The highest BCUT2D eigenvalue weighted by Crippen LogP contribution is 2.14. The number of nitrogens with two attached hydrogens (primary N) is 1. The lowest BCUT2D eigenvalue weighted by molar-refractivity contribution is 0.0759. The van der Waals surface area contributed by atoms with Crippen LogP contribution in [-0.4, -0.2) is 33.7 Å². The number of nitrogens with zero attached hydrogens (tertiary/aromatic N) is 3. The Morgan fingerprint density at radius 3 is 2.71 bits per heavy atom. The van der Waals surface area contributed by atoms with E-state index in [9.17, 15) is 4.79 Å². The molecule has 0 saturated carbocycles. The quantitative estimate of drug-likeness (QED) is 0.678. The summed E-state index contributed by atoms with van der Waals surface area (Å²) in [7, 11) is 0. The third-order valence-corrected chi connectivity index (χ3v) is 3.59. The molecule has 108 valence electrons. The maximum absolute atomic E-state index is 12.4. The second-order valence-corrected chi connectivity index (χ2v) is 5.30. The van der Waals surface area contributed by atoms with Crippen LogP contribution in [0, 0.1) is 0 Å². The van der Waals surface area contributed by atoms with Gasteiger partial charge in [-0.3, -0.25) is 4.79 Å². The van der Waals surface area contributed by atoms with E-state index in [1.165, 1.54) is 5.57 Å². The molecule has 2 aromatic rings. The van der Waals surface area contributed by atoms with Gasteiger partial charge in [-0.1, -0.05) is 11.6 Å². The van der Waals surface area contributed by atoms with Crippen molar-refractivity contribution in [3.8, 4) is 5.69 Å². The molecule has 0 saturated heterocycles. The van der Waals surface area contributed by atoms with Crippen LogP contribution in [0.4, 0.5) is 5.69 Å². The summed E-state index contributed by atoms with van der Waals surface area (Å²) < 4.78 is 1.69. The molecule has 3 rings (SSSR count). The molecule has 0 spiro atoms. The maximum Gasteiger partial charge on any atom is 0.274 e. The van der Waals surface area contributed by atoms with Crippen LogP contribution in [0.15, 0.2) is 48.2 Å². The van der Waals surface area contributed by atoms with Gasteiger partial charge in [0.1, 0.15) is 0 Å². The second-order valence-electron chi connectivity index (χ2n) is 5.30. The van der Waals surface area contributed by atoms with Gasteiger partial charge in [-0.15, -0.1) is 0 Å². The molecular weight excluding hydrogens is 264 g/mol. The summed E-state index contributed by atoms with van der Waals surface area (Å²) in [6, 6.07) is 9.15. The molecule has 1 aliphatic heterocycles. The molecule has 1 aromatic heterocycles. The Labute approximate surface area is 123 Å². The van der Waals surface area contributed by atoms with Gasteiger partial charge in [0.25, 0.3) is 5.91 Å². The van der Waals surface area contributed by atoms with Crippen LogP contribution in [0.3, 0.4) is 0 Å². The predicted octanol–water partition coefficient (Wildman–Crippen LogP) is 2.25. The Bertz CT molecular complexity index is 685.